The topological polar surface area (TPSA) is 78.4 Å². The second-order valence-corrected chi connectivity index (χ2v) is 7.62. The van der Waals surface area contributed by atoms with Gasteiger partial charge in [-0.25, -0.2) is 9.59 Å². The van der Waals surface area contributed by atoms with Crippen molar-refractivity contribution in [3.8, 4) is 0 Å². The summed E-state index contributed by atoms with van der Waals surface area (Å²) in [5, 5.41) is 15.1. The summed E-state index contributed by atoms with van der Waals surface area (Å²) < 4.78 is 0.139. The van der Waals surface area contributed by atoms with Gasteiger partial charge < -0.3 is 15.7 Å². The van der Waals surface area contributed by atoms with Crippen LogP contribution in [0.5, 0.6) is 0 Å². The first kappa shape index (κ1) is 16.5. The zero-order valence-corrected chi connectivity index (χ0v) is 13.6. The minimum absolute atomic E-state index is 0.139. The standard InChI is InChI=1S/C15H26N2O3S/c1-21-14(7-5-6-8-14)11-16-13(20)17-15(12(18)19)9-3-2-4-10-15/h2-11H2,1H3,(H,18,19)(H2,16,17,20). The molecule has 0 aromatic rings. The number of rotatable bonds is 5. The minimum Gasteiger partial charge on any atom is -0.480 e. The molecule has 2 aliphatic carbocycles. The van der Waals surface area contributed by atoms with Gasteiger partial charge in [0.2, 0.25) is 0 Å². The van der Waals surface area contributed by atoms with Crippen LogP contribution in [0.4, 0.5) is 4.79 Å². The summed E-state index contributed by atoms with van der Waals surface area (Å²) in [7, 11) is 0. The van der Waals surface area contributed by atoms with Crippen molar-refractivity contribution in [2.75, 3.05) is 12.8 Å². The van der Waals surface area contributed by atoms with E-state index in [1.54, 1.807) is 0 Å². The van der Waals surface area contributed by atoms with Gasteiger partial charge in [-0.15, -0.1) is 0 Å². The molecule has 0 aromatic carbocycles. The van der Waals surface area contributed by atoms with Gasteiger partial charge in [0, 0.05) is 11.3 Å². The molecule has 0 bridgehead atoms. The molecule has 0 saturated heterocycles. The number of amides is 2. The third kappa shape index (κ3) is 3.84. The van der Waals surface area contributed by atoms with Crippen LogP contribution < -0.4 is 10.6 Å². The lowest BCUT2D eigenvalue weighted by Gasteiger charge is -2.34. The molecule has 0 heterocycles. The molecule has 2 saturated carbocycles. The van der Waals surface area contributed by atoms with Crippen molar-refractivity contribution in [3.05, 3.63) is 0 Å². The van der Waals surface area contributed by atoms with Crippen LogP contribution in [0.25, 0.3) is 0 Å². The Hall–Kier alpha value is -0.910. The van der Waals surface area contributed by atoms with Gasteiger partial charge in [-0.1, -0.05) is 32.1 Å². The molecule has 2 aliphatic rings. The molecule has 0 unspecified atom stereocenters. The van der Waals surface area contributed by atoms with Gasteiger partial charge in [-0.05, 0) is 31.9 Å². The third-order valence-electron chi connectivity index (χ3n) is 4.99. The highest BCUT2D eigenvalue weighted by Crippen LogP contribution is 2.39. The highest BCUT2D eigenvalue weighted by molar-refractivity contribution is 8.00. The number of carboxylic acid groups (broad SMARTS) is 1. The number of nitrogens with one attached hydrogen (secondary N) is 2. The van der Waals surface area contributed by atoms with E-state index in [2.05, 4.69) is 16.9 Å². The molecule has 5 nitrogen and oxygen atoms in total. The fourth-order valence-corrected chi connectivity index (χ4v) is 4.44. The van der Waals surface area contributed by atoms with Crippen molar-refractivity contribution in [2.24, 2.45) is 0 Å². The molecule has 6 heteroatoms. The number of hydrogen-bond donors (Lipinski definition) is 3. The molecule has 0 spiro atoms. The average Bonchev–Trinajstić information content (AvgIpc) is 2.95. The van der Waals surface area contributed by atoms with E-state index in [4.69, 9.17) is 0 Å². The number of carboxylic acids is 1. The molecule has 2 amide bonds. The van der Waals surface area contributed by atoms with Crippen molar-refractivity contribution in [3.63, 3.8) is 0 Å². The molecule has 21 heavy (non-hydrogen) atoms. The van der Waals surface area contributed by atoms with Crippen LogP contribution in [-0.2, 0) is 4.79 Å². The van der Waals surface area contributed by atoms with E-state index >= 15 is 0 Å². The fraction of sp³-hybridized carbons (Fsp3) is 0.867. The normalized spacial score (nSPS) is 23.5. The second-order valence-electron chi connectivity index (χ2n) is 6.35. The van der Waals surface area contributed by atoms with E-state index in [0.717, 1.165) is 32.1 Å². The molecule has 2 fully saturated rings. The van der Waals surface area contributed by atoms with Gasteiger partial charge in [-0.3, -0.25) is 0 Å². The quantitative estimate of drug-likeness (QED) is 0.729. The van der Waals surface area contributed by atoms with E-state index in [1.165, 1.54) is 12.8 Å². The SMILES string of the molecule is CSC1(CNC(=O)NC2(C(=O)O)CCCCC2)CCCC1. The Kier molecular flexibility index (Phi) is 5.41. The second kappa shape index (κ2) is 6.90. The maximum Gasteiger partial charge on any atom is 0.329 e. The molecule has 0 radical (unpaired) electrons. The van der Waals surface area contributed by atoms with E-state index < -0.39 is 11.5 Å². The van der Waals surface area contributed by atoms with Crippen LogP contribution in [-0.4, -0.2) is 40.2 Å². The number of carbonyl (C=O) groups is 2. The molecule has 0 aliphatic heterocycles. The van der Waals surface area contributed by atoms with Gasteiger partial charge in [-0.2, -0.15) is 11.8 Å². The predicted molar refractivity (Wildman–Crippen MR) is 84.7 cm³/mol. The van der Waals surface area contributed by atoms with Crippen LogP contribution >= 0.6 is 11.8 Å². The van der Waals surface area contributed by atoms with E-state index in [-0.39, 0.29) is 10.8 Å². The summed E-state index contributed by atoms with van der Waals surface area (Å²) in [6.07, 6.45) is 10.6. The first-order chi connectivity index (χ1) is 10.0. The first-order valence-corrected chi connectivity index (χ1v) is 9.09. The summed E-state index contributed by atoms with van der Waals surface area (Å²) in [4.78, 5) is 23.7. The number of thioether (sulfide) groups is 1. The highest BCUT2D eigenvalue weighted by Gasteiger charge is 2.41. The number of urea groups is 1. The van der Waals surface area contributed by atoms with Gasteiger partial charge in [0.15, 0.2) is 0 Å². The fourth-order valence-electron chi connectivity index (χ4n) is 3.52. The van der Waals surface area contributed by atoms with Crippen molar-refractivity contribution in [1.29, 1.82) is 0 Å². The molecule has 120 valence electrons. The lowest BCUT2D eigenvalue weighted by molar-refractivity contribution is -0.145. The van der Waals surface area contributed by atoms with Crippen molar-refractivity contribution >= 4 is 23.8 Å². The van der Waals surface area contributed by atoms with Gasteiger partial charge >= 0.3 is 12.0 Å². The Bertz CT molecular complexity index is 388. The van der Waals surface area contributed by atoms with Gasteiger partial charge in [0.25, 0.3) is 0 Å². The van der Waals surface area contributed by atoms with Crippen LogP contribution in [0.2, 0.25) is 0 Å². The summed E-state index contributed by atoms with van der Waals surface area (Å²) in [5.41, 5.74) is -1.06. The van der Waals surface area contributed by atoms with Crippen LogP contribution in [0.15, 0.2) is 0 Å². The molecule has 3 N–H and O–H groups in total. The van der Waals surface area contributed by atoms with Crippen molar-refractivity contribution in [1.82, 2.24) is 10.6 Å². The monoisotopic (exact) mass is 314 g/mol. The predicted octanol–water partition coefficient (Wildman–Crippen LogP) is 2.75. The number of aliphatic carboxylic acids is 1. The summed E-state index contributed by atoms with van der Waals surface area (Å²) >= 11 is 1.81. The Morgan fingerprint density at radius 3 is 2.14 bits per heavy atom. The van der Waals surface area contributed by atoms with Crippen molar-refractivity contribution < 1.29 is 14.7 Å². The Morgan fingerprint density at radius 2 is 1.62 bits per heavy atom. The largest absolute Gasteiger partial charge is 0.480 e. The third-order valence-corrected chi connectivity index (χ3v) is 6.41. The molecule has 0 aromatic heterocycles. The summed E-state index contributed by atoms with van der Waals surface area (Å²) in [6, 6.07) is -0.334. The van der Waals surface area contributed by atoms with Crippen LogP contribution in [0.3, 0.4) is 0 Å². The number of carbonyl (C=O) groups excluding carboxylic acids is 1. The van der Waals surface area contributed by atoms with Gasteiger partial charge in [0.05, 0.1) is 0 Å². The Balaban J connectivity index is 1.89. The molecular weight excluding hydrogens is 288 g/mol. The summed E-state index contributed by atoms with van der Waals surface area (Å²) in [5.74, 6) is -0.905. The molecular formula is C15H26N2O3S. The Morgan fingerprint density at radius 1 is 1.05 bits per heavy atom. The van der Waals surface area contributed by atoms with Crippen LogP contribution in [0, 0.1) is 0 Å². The average molecular weight is 314 g/mol. The van der Waals surface area contributed by atoms with Crippen LogP contribution in [0.1, 0.15) is 57.8 Å². The lowest BCUT2D eigenvalue weighted by atomic mass is 9.82. The zero-order valence-electron chi connectivity index (χ0n) is 12.7. The minimum atomic E-state index is -1.06. The van der Waals surface area contributed by atoms with E-state index in [9.17, 15) is 14.7 Å². The maximum absolute atomic E-state index is 12.1. The molecule has 2 rings (SSSR count). The number of hydrogen-bond acceptors (Lipinski definition) is 3. The Labute approximate surface area is 130 Å². The highest BCUT2D eigenvalue weighted by atomic mass is 32.2. The lowest BCUT2D eigenvalue weighted by Crippen LogP contribution is -2.59. The van der Waals surface area contributed by atoms with Crippen molar-refractivity contribution in [2.45, 2.75) is 68.1 Å². The first-order valence-electron chi connectivity index (χ1n) is 7.87. The maximum atomic E-state index is 12.1. The zero-order chi connectivity index (χ0) is 15.3. The smallest absolute Gasteiger partial charge is 0.329 e. The van der Waals surface area contributed by atoms with Gasteiger partial charge in [0.1, 0.15) is 5.54 Å². The molecule has 0 atom stereocenters. The van der Waals surface area contributed by atoms with E-state index in [0.29, 0.717) is 19.4 Å². The summed E-state index contributed by atoms with van der Waals surface area (Å²) in [6.45, 7) is 0.621. The van der Waals surface area contributed by atoms with E-state index in [1.807, 2.05) is 11.8 Å².